The Labute approximate surface area is 350 Å². The first-order valence-electron chi connectivity index (χ1n) is 24.6. The number of guanidine groups is 1. The van der Waals surface area contributed by atoms with Gasteiger partial charge in [0.15, 0.2) is 5.96 Å². The predicted octanol–water partition coefficient (Wildman–Crippen LogP) is 12.9. The van der Waals surface area contributed by atoms with E-state index in [9.17, 15) is 0 Å². The standard InChI is InChI=1S/C49H99N7/c1-4-6-8-10-12-14-16-18-20-22-24-26-28-30-32-34-42-55(46-38-40-53-48(3)50)44-36-37-45-56(47-39-41-54-49(51)52)43-35-33-31-29-27-25-23-21-19-17-15-13-11-9-7-5-2/h18-21H,4-17,22-47H2,1-3H3,(H2,50,53)(H4,51,52,54)/b20-18+,21-19-. The van der Waals surface area contributed by atoms with Gasteiger partial charge in [0.1, 0.15) is 0 Å². The van der Waals surface area contributed by atoms with Gasteiger partial charge >= 0.3 is 0 Å². The average Bonchev–Trinajstić information content (AvgIpc) is 3.18. The van der Waals surface area contributed by atoms with Gasteiger partial charge in [-0.2, -0.15) is 0 Å². The Morgan fingerprint density at radius 1 is 0.357 bits per heavy atom. The third kappa shape index (κ3) is 44.8. The SMILES string of the molecule is CCCCCCCC/C=C\CCCCCCCCN(CCCCN(CCCCCCCC/C=C/CCCCCCCC)CCCN=C(C)N)CCCN=C(N)N. The van der Waals surface area contributed by atoms with Crippen molar-refractivity contribution in [1.29, 1.82) is 0 Å². The molecule has 56 heavy (non-hydrogen) atoms. The lowest BCUT2D eigenvalue weighted by atomic mass is 10.1. The molecule has 0 spiro atoms. The molecule has 0 amide bonds. The number of hydrogen-bond donors (Lipinski definition) is 3. The Morgan fingerprint density at radius 2 is 0.625 bits per heavy atom. The van der Waals surface area contributed by atoms with Gasteiger partial charge in [-0.1, -0.05) is 154 Å². The quantitative estimate of drug-likeness (QED) is 0.0246. The number of hydrogen-bond acceptors (Lipinski definition) is 4. The van der Waals surface area contributed by atoms with Crippen molar-refractivity contribution in [2.45, 2.75) is 226 Å². The van der Waals surface area contributed by atoms with Crippen LogP contribution in [-0.2, 0) is 0 Å². The summed E-state index contributed by atoms with van der Waals surface area (Å²) in [5.41, 5.74) is 17.0. The molecule has 0 heterocycles. The molecule has 0 aromatic carbocycles. The molecular weight excluding hydrogens is 687 g/mol. The molecule has 7 heteroatoms. The smallest absolute Gasteiger partial charge is 0.185 e. The normalized spacial score (nSPS) is 12.3. The summed E-state index contributed by atoms with van der Waals surface area (Å²) >= 11 is 0. The van der Waals surface area contributed by atoms with E-state index < -0.39 is 0 Å². The molecule has 7 nitrogen and oxygen atoms in total. The number of allylic oxidation sites excluding steroid dienone is 4. The second-order valence-electron chi connectivity index (χ2n) is 16.8. The Kier molecular flexibility index (Phi) is 44.3. The van der Waals surface area contributed by atoms with Crippen molar-refractivity contribution in [2.24, 2.45) is 27.2 Å². The van der Waals surface area contributed by atoms with E-state index in [0.29, 0.717) is 5.84 Å². The fourth-order valence-electron chi connectivity index (χ4n) is 7.56. The van der Waals surface area contributed by atoms with Gasteiger partial charge in [-0.3, -0.25) is 9.98 Å². The van der Waals surface area contributed by atoms with Crippen LogP contribution < -0.4 is 17.2 Å². The zero-order chi connectivity index (χ0) is 40.8. The molecule has 0 aromatic heterocycles. The zero-order valence-electron chi connectivity index (χ0n) is 38.1. The van der Waals surface area contributed by atoms with E-state index in [0.717, 1.165) is 39.0 Å². The van der Waals surface area contributed by atoms with Crippen LogP contribution in [0.2, 0.25) is 0 Å². The highest BCUT2D eigenvalue weighted by Gasteiger charge is 2.08. The van der Waals surface area contributed by atoms with Gasteiger partial charge in [0.25, 0.3) is 0 Å². The summed E-state index contributed by atoms with van der Waals surface area (Å²) in [5, 5.41) is 0. The molecule has 0 saturated carbocycles. The van der Waals surface area contributed by atoms with E-state index in [1.807, 2.05) is 6.92 Å². The Balaban J connectivity index is 4.33. The topological polar surface area (TPSA) is 109 Å². The van der Waals surface area contributed by atoms with Crippen LogP contribution in [0.3, 0.4) is 0 Å². The molecule has 0 radical (unpaired) electrons. The van der Waals surface area contributed by atoms with Crippen molar-refractivity contribution >= 4 is 11.8 Å². The Hall–Kier alpha value is -1.86. The Bertz CT molecular complexity index is 819. The molecule has 0 saturated heterocycles. The second kappa shape index (κ2) is 45.8. The van der Waals surface area contributed by atoms with Crippen LogP contribution in [0.1, 0.15) is 226 Å². The molecule has 0 unspecified atom stereocenters. The summed E-state index contributed by atoms with van der Waals surface area (Å²) < 4.78 is 0. The van der Waals surface area contributed by atoms with Gasteiger partial charge in [-0.15, -0.1) is 0 Å². The van der Waals surface area contributed by atoms with Gasteiger partial charge in [0, 0.05) is 13.1 Å². The van der Waals surface area contributed by atoms with Gasteiger partial charge in [0.05, 0.1) is 5.84 Å². The third-order valence-corrected chi connectivity index (χ3v) is 11.1. The van der Waals surface area contributed by atoms with Crippen molar-refractivity contribution in [3.63, 3.8) is 0 Å². The molecule has 0 aliphatic heterocycles. The van der Waals surface area contributed by atoms with Crippen LogP contribution in [0.4, 0.5) is 0 Å². The molecule has 6 N–H and O–H groups in total. The maximum Gasteiger partial charge on any atom is 0.185 e. The van der Waals surface area contributed by atoms with Crippen LogP contribution in [0.5, 0.6) is 0 Å². The highest BCUT2D eigenvalue weighted by atomic mass is 15.1. The van der Waals surface area contributed by atoms with E-state index in [4.69, 9.17) is 17.2 Å². The van der Waals surface area contributed by atoms with Crippen LogP contribution >= 0.6 is 0 Å². The maximum absolute atomic E-state index is 5.81. The lowest BCUT2D eigenvalue weighted by Crippen LogP contribution is -2.31. The van der Waals surface area contributed by atoms with Crippen molar-refractivity contribution < 1.29 is 0 Å². The summed E-state index contributed by atoms with van der Waals surface area (Å²) in [6.45, 7) is 15.0. The number of rotatable bonds is 45. The molecule has 0 aliphatic carbocycles. The molecule has 0 aromatic rings. The van der Waals surface area contributed by atoms with Gasteiger partial charge in [0.2, 0.25) is 0 Å². The first-order chi connectivity index (χ1) is 27.5. The van der Waals surface area contributed by atoms with Crippen LogP contribution in [-0.4, -0.2) is 74.0 Å². The second-order valence-corrected chi connectivity index (χ2v) is 16.8. The molecular formula is C49H99N7. The highest BCUT2D eigenvalue weighted by Crippen LogP contribution is 2.13. The average molecular weight is 786 g/mol. The molecule has 0 fully saturated rings. The van der Waals surface area contributed by atoms with Crippen molar-refractivity contribution in [3.8, 4) is 0 Å². The molecule has 0 aliphatic rings. The minimum Gasteiger partial charge on any atom is -0.388 e. The van der Waals surface area contributed by atoms with E-state index in [1.165, 1.54) is 219 Å². The summed E-state index contributed by atoms with van der Waals surface area (Å²) in [7, 11) is 0. The Morgan fingerprint density at radius 3 is 0.946 bits per heavy atom. The lowest BCUT2D eigenvalue weighted by molar-refractivity contribution is 0.233. The number of unbranched alkanes of at least 4 members (excludes halogenated alkanes) is 25. The number of aliphatic imine (C=N–C) groups is 2. The van der Waals surface area contributed by atoms with Crippen molar-refractivity contribution in [2.75, 3.05) is 52.4 Å². The number of nitrogens with two attached hydrogens (primary N) is 3. The number of nitrogens with zero attached hydrogens (tertiary/aromatic N) is 4. The van der Waals surface area contributed by atoms with Crippen molar-refractivity contribution in [1.82, 2.24) is 9.80 Å². The first kappa shape index (κ1) is 54.1. The fraction of sp³-hybridized carbons (Fsp3) is 0.878. The van der Waals surface area contributed by atoms with E-state index >= 15 is 0 Å². The van der Waals surface area contributed by atoms with Gasteiger partial charge in [-0.25, -0.2) is 0 Å². The van der Waals surface area contributed by atoms with Gasteiger partial charge < -0.3 is 27.0 Å². The third-order valence-electron chi connectivity index (χ3n) is 11.1. The van der Waals surface area contributed by atoms with Crippen LogP contribution in [0.25, 0.3) is 0 Å². The fourth-order valence-corrected chi connectivity index (χ4v) is 7.56. The summed E-state index contributed by atoms with van der Waals surface area (Å²) in [6, 6.07) is 0. The maximum atomic E-state index is 5.81. The van der Waals surface area contributed by atoms with Crippen LogP contribution in [0.15, 0.2) is 34.3 Å². The van der Waals surface area contributed by atoms with E-state index in [1.54, 1.807) is 0 Å². The molecule has 0 atom stereocenters. The van der Waals surface area contributed by atoms with E-state index in [-0.39, 0.29) is 5.96 Å². The lowest BCUT2D eigenvalue weighted by Gasteiger charge is -2.25. The zero-order valence-corrected chi connectivity index (χ0v) is 38.1. The summed E-state index contributed by atoms with van der Waals surface area (Å²) in [6.07, 6.45) is 52.4. The minimum atomic E-state index is 0.207. The molecule has 0 rings (SSSR count). The predicted molar refractivity (Wildman–Crippen MR) is 253 cm³/mol. The first-order valence-corrected chi connectivity index (χ1v) is 24.6. The summed E-state index contributed by atoms with van der Waals surface area (Å²) in [5.74, 6) is 0.908. The summed E-state index contributed by atoms with van der Waals surface area (Å²) in [4.78, 5) is 14.1. The van der Waals surface area contributed by atoms with E-state index in [2.05, 4.69) is 57.9 Å². The molecule has 330 valence electrons. The largest absolute Gasteiger partial charge is 0.388 e. The van der Waals surface area contributed by atoms with Gasteiger partial charge in [-0.05, 0) is 136 Å². The highest BCUT2D eigenvalue weighted by molar-refractivity contribution is 5.77. The van der Waals surface area contributed by atoms with Crippen molar-refractivity contribution in [3.05, 3.63) is 24.3 Å². The molecule has 0 bridgehead atoms. The minimum absolute atomic E-state index is 0.207. The number of amidine groups is 1. The monoisotopic (exact) mass is 786 g/mol. The van der Waals surface area contributed by atoms with Crippen LogP contribution in [0, 0.1) is 0 Å².